The second kappa shape index (κ2) is 10.2. The standard InChI is InChI=1S/C28H37FN/c1-5-8-10-14-24-20-25-23(21-26(24)29)16-18-28(6-2,7-3)30-19-17-22(4)13-11-9-12-15-27(25)30/h9,11-13,17,19-21H,4-8,10,14-16,18H2,1-3H3/q+1. The maximum absolute atomic E-state index is 15.0. The smallest absolute Gasteiger partial charge is 0.193 e. The summed E-state index contributed by atoms with van der Waals surface area (Å²) < 4.78 is 17.5. The van der Waals surface area contributed by atoms with Gasteiger partial charge in [-0.05, 0) is 48.1 Å². The lowest BCUT2D eigenvalue weighted by molar-refractivity contribution is -0.552. The van der Waals surface area contributed by atoms with Gasteiger partial charge in [-0.2, -0.15) is 4.58 Å². The molecule has 0 bridgehead atoms. The molecule has 0 spiro atoms. The minimum absolute atomic E-state index is 0.0280. The van der Waals surface area contributed by atoms with Crippen LogP contribution in [-0.4, -0.2) is 15.8 Å². The summed E-state index contributed by atoms with van der Waals surface area (Å²) in [6.07, 6.45) is 21.8. The SMILES string of the molecule is C=C1C=CC=CCC2=[N+](C=C1)C(CC)(CC)CCc1cc(F)c(CCCCC)cc12. The van der Waals surface area contributed by atoms with Crippen LogP contribution in [0.5, 0.6) is 0 Å². The van der Waals surface area contributed by atoms with Gasteiger partial charge in [0.1, 0.15) is 5.82 Å². The molecule has 2 aliphatic rings. The average molecular weight is 407 g/mol. The Bertz CT molecular complexity index is 893. The first kappa shape index (κ1) is 22.5. The van der Waals surface area contributed by atoms with E-state index in [9.17, 15) is 4.39 Å². The molecule has 2 heteroatoms. The molecule has 0 N–H and O–H groups in total. The Labute approximate surface area is 182 Å². The Kier molecular flexibility index (Phi) is 7.64. The zero-order chi connectivity index (χ0) is 21.6. The molecule has 1 aromatic carbocycles. The number of nitrogens with zero attached hydrogens (tertiary/aromatic N) is 1. The van der Waals surface area contributed by atoms with E-state index in [1.54, 1.807) is 0 Å². The highest BCUT2D eigenvalue weighted by Crippen LogP contribution is 2.34. The van der Waals surface area contributed by atoms with Gasteiger partial charge in [0, 0.05) is 30.9 Å². The van der Waals surface area contributed by atoms with Crippen LogP contribution in [0.15, 0.2) is 60.9 Å². The first-order chi connectivity index (χ1) is 14.5. The molecule has 0 fully saturated rings. The van der Waals surface area contributed by atoms with Gasteiger partial charge in [0.15, 0.2) is 17.5 Å². The molecular formula is C28H37FN+. The Morgan fingerprint density at radius 3 is 2.60 bits per heavy atom. The summed E-state index contributed by atoms with van der Waals surface area (Å²) in [6, 6.07) is 3.98. The Morgan fingerprint density at radius 1 is 1.07 bits per heavy atom. The number of benzene rings is 1. The molecule has 1 aromatic rings. The third kappa shape index (κ3) is 4.74. The molecule has 2 heterocycles. The van der Waals surface area contributed by atoms with Crippen LogP contribution >= 0.6 is 0 Å². The van der Waals surface area contributed by atoms with Gasteiger partial charge in [-0.15, -0.1) is 0 Å². The fraction of sp³-hybridized carbons (Fsp3) is 0.464. The number of fused-ring (bicyclic) bond motifs is 2. The molecule has 0 aliphatic carbocycles. The molecule has 160 valence electrons. The van der Waals surface area contributed by atoms with Gasteiger partial charge in [0.2, 0.25) is 0 Å². The number of rotatable bonds is 6. The molecule has 0 unspecified atom stereocenters. The topological polar surface area (TPSA) is 3.01 Å². The molecule has 30 heavy (non-hydrogen) atoms. The van der Waals surface area contributed by atoms with Gasteiger partial charge in [0.05, 0.1) is 6.42 Å². The van der Waals surface area contributed by atoms with Crippen LogP contribution in [-0.2, 0) is 12.8 Å². The van der Waals surface area contributed by atoms with Crippen molar-refractivity contribution in [1.29, 1.82) is 0 Å². The molecular weight excluding hydrogens is 369 g/mol. The highest BCUT2D eigenvalue weighted by molar-refractivity contribution is 6.00. The van der Waals surface area contributed by atoms with E-state index in [4.69, 9.17) is 0 Å². The maximum atomic E-state index is 15.0. The van der Waals surface area contributed by atoms with Crippen molar-refractivity contribution in [3.8, 4) is 0 Å². The van der Waals surface area contributed by atoms with Gasteiger partial charge >= 0.3 is 0 Å². The largest absolute Gasteiger partial charge is 0.207 e. The molecule has 0 saturated carbocycles. The summed E-state index contributed by atoms with van der Waals surface area (Å²) in [6.45, 7) is 10.9. The van der Waals surface area contributed by atoms with Crippen molar-refractivity contribution in [2.24, 2.45) is 0 Å². The van der Waals surface area contributed by atoms with Crippen LogP contribution < -0.4 is 0 Å². The normalized spacial score (nSPS) is 18.2. The summed E-state index contributed by atoms with van der Waals surface area (Å²) in [5.41, 5.74) is 5.58. The van der Waals surface area contributed by atoms with Crippen molar-refractivity contribution < 1.29 is 8.97 Å². The van der Waals surface area contributed by atoms with E-state index in [0.29, 0.717) is 0 Å². The van der Waals surface area contributed by atoms with Gasteiger partial charge in [-0.1, -0.05) is 64.5 Å². The maximum Gasteiger partial charge on any atom is 0.193 e. The van der Waals surface area contributed by atoms with Crippen LogP contribution in [0.2, 0.25) is 0 Å². The van der Waals surface area contributed by atoms with Crippen molar-refractivity contribution in [2.75, 3.05) is 0 Å². The zero-order valence-corrected chi connectivity index (χ0v) is 19.0. The van der Waals surface area contributed by atoms with Crippen molar-refractivity contribution >= 4 is 5.71 Å². The van der Waals surface area contributed by atoms with Crippen molar-refractivity contribution in [3.05, 3.63) is 83.4 Å². The number of unbranched alkanes of at least 4 members (excludes halogenated alkanes) is 2. The second-order valence-corrected chi connectivity index (χ2v) is 8.69. The Morgan fingerprint density at radius 2 is 1.87 bits per heavy atom. The first-order valence-electron chi connectivity index (χ1n) is 11.7. The lowest BCUT2D eigenvalue weighted by Crippen LogP contribution is -2.41. The van der Waals surface area contributed by atoms with Gasteiger partial charge in [-0.3, -0.25) is 0 Å². The molecule has 1 nitrogen and oxygen atoms in total. The van der Waals surface area contributed by atoms with Crippen LogP contribution in [0.1, 0.15) is 82.4 Å². The van der Waals surface area contributed by atoms with E-state index in [1.165, 1.54) is 11.3 Å². The van der Waals surface area contributed by atoms with Crippen LogP contribution in [0, 0.1) is 5.82 Å². The van der Waals surface area contributed by atoms with Gasteiger partial charge < -0.3 is 0 Å². The third-order valence-corrected chi connectivity index (χ3v) is 6.92. The molecule has 0 radical (unpaired) electrons. The molecule has 0 amide bonds. The predicted octanol–water partition coefficient (Wildman–Crippen LogP) is 7.45. The zero-order valence-electron chi connectivity index (χ0n) is 19.0. The third-order valence-electron chi connectivity index (χ3n) is 6.92. The van der Waals surface area contributed by atoms with Crippen LogP contribution in [0.25, 0.3) is 0 Å². The summed E-state index contributed by atoms with van der Waals surface area (Å²) >= 11 is 0. The minimum Gasteiger partial charge on any atom is -0.207 e. The van der Waals surface area contributed by atoms with Crippen molar-refractivity contribution in [3.63, 3.8) is 0 Å². The number of hydrogen-bond acceptors (Lipinski definition) is 0. The summed E-state index contributed by atoms with van der Waals surface area (Å²) in [7, 11) is 0. The second-order valence-electron chi connectivity index (χ2n) is 8.69. The monoisotopic (exact) mass is 406 g/mol. The van der Waals surface area contributed by atoms with Gasteiger partial charge in [0.25, 0.3) is 0 Å². The summed E-state index contributed by atoms with van der Waals surface area (Å²) in [5.74, 6) is -0.0280. The van der Waals surface area contributed by atoms with E-state index in [0.717, 1.165) is 74.5 Å². The van der Waals surface area contributed by atoms with Crippen molar-refractivity contribution in [1.82, 2.24) is 0 Å². The number of hydrogen-bond donors (Lipinski definition) is 0. The van der Waals surface area contributed by atoms with Crippen molar-refractivity contribution in [2.45, 2.75) is 84.1 Å². The fourth-order valence-electron chi connectivity index (χ4n) is 4.86. The lowest BCUT2D eigenvalue weighted by atomic mass is 9.86. The van der Waals surface area contributed by atoms with Gasteiger partial charge in [-0.25, -0.2) is 4.39 Å². The van der Waals surface area contributed by atoms with Crippen LogP contribution in [0.4, 0.5) is 4.39 Å². The highest BCUT2D eigenvalue weighted by Gasteiger charge is 2.41. The van der Waals surface area contributed by atoms with E-state index < -0.39 is 0 Å². The Hall–Kier alpha value is -2.22. The van der Waals surface area contributed by atoms with E-state index in [1.807, 2.05) is 18.2 Å². The van der Waals surface area contributed by atoms with E-state index in [2.05, 4.69) is 62.4 Å². The molecule has 2 aliphatic heterocycles. The quantitative estimate of drug-likeness (QED) is 0.341. The predicted molar refractivity (Wildman–Crippen MR) is 127 cm³/mol. The lowest BCUT2D eigenvalue weighted by Gasteiger charge is -2.27. The molecule has 0 aromatic heterocycles. The first-order valence-corrected chi connectivity index (χ1v) is 11.7. The summed E-state index contributed by atoms with van der Waals surface area (Å²) in [4.78, 5) is 0. The molecule has 0 saturated heterocycles. The average Bonchev–Trinajstić information content (AvgIpc) is 2.87. The Balaban J connectivity index is 2.20. The summed E-state index contributed by atoms with van der Waals surface area (Å²) in [5, 5.41) is 0. The minimum atomic E-state index is -0.0280. The molecule has 0 atom stereocenters. The van der Waals surface area contributed by atoms with E-state index in [-0.39, 0.29) is 11.4 Å². The van der Waals surface area contributed by atoms with E-state index >= 15 is 0 Å². The number of aryl methyl sites for hydroxylation is 2. The van der Waals surface area contributed by atoms with Crippen LogP contribution in [0.3, 0.4) is 0 Å². The number of halogens is 1. The highest BCUT2D eigenvalue weighted by atomic mass is 19.1. The number of allylic oxidation sites excluding steroid dienone is 6. The fourth-order valence-corrected chi connectivity index (χ4v) is 4.86. The molecule has 3 rings (SSSR count).